The second-order valence-corrected chi connectivity index (χ2v) is 8.11. The van der Waals surface area contributed by atoms with Gasteiger partial charge < -0.3 is 10.4 Å². The molecule has 1 aromatic rings. The van der Waals surface area contributed by atoms with Crippen LogP contribution in [-0.4, -0.2) is 27.7 Å². The minimum Gasteiger partial charge on any atom is -0.379 e. The van der Waals surface area contributed by atoms with Crippen LogP contribution in [0.15, 0.2) is 23.1 Å². The molecule has 0 amide bonds. The summed E-state index contributed by atoms with van der Waals surface area (Å²) in [7, 11) is 1.73. The minimum atomic E-state index is -1.81. The summed E-state index contributed by atoms with van der Waals surface area (Å²) >= 11 is 19.9. The van der Waals surface area contributed by atoms with E-state index in [2.05, 4.69) is 5.32 Å². The van der Waals surface area contributed by atoms with Crippen molar-refractivity contribution in [3.05, 3.63) is 29.3 Å². The fourth-order valence-corrected chi connectivity index (χ4v) is 4.16. The first-order valence-corrected chi connectivity index (χ1v) is 8.15. The largest absolute Gasteiger partial charge is 0.379 e. The number of alkyl halides is 3. The SMILES string of the molecule is CNC(C)C(O)(c1ccc2c(c1)CCS2)C(Cl)(Cl)Cl. The van der Waals surface area contributed by atoms with Crippen LogP contribution in [0.2, 0.25) is 0 Å². The zero-order valence-corrected chi connectivity index (χ0v) is 13.8. The zero-order chi connectivity index (χ0) is 14.3. The summed E-state index contributed by atoms with van der Waals surface area (Å²) in [6.07, 6.45) is 0.984. The highest BCUT2D eigenvalue weighted by molar-refractivity contribution is 7.99. The van der Waals surface area contributed by atoms with Crippen LogP contribution in [0.5, 0.6) is 0 Å². The number of aryl methyl sites for hydroxylation is 1. The van der Waals surface area contributed by atoms with Crippen LogP contribution < -0.4 is 5.32 Å². The Morgan fingerprint density at radius 1 is 1.37 bits per heavy atom. The summed E-state index contributed by atoms with van der Waals surface area (Å²) in [5.74, 6) is 1.06. The molecule has 2 atom stereocenters. The van der Waals surface area contributed by atoms with E-state index in [4.69, 9.17) is 34.8 Å². The van der Waals surface area contributed by atoms with Crippen molar-refractivity contribution in [1.29, 1.82) is 0 Å². The standard InChI is InChI=1S/C13H16Cl3NOS/c1-8(17-2)12(18,13(14,15)16)10-3-4-11-9(7-10)5-6-19-11/h3-4,7-8,17-18H,5-6H2,1-2H3. The molecule has 1 aliphatic heterocycles. The molecule has 1 heterocycles. The lowest BCUT2D eigenvalue weighted by Gasteiger charge is -2.40. The highest BCUT2D eigenvalue weighted by Crippen LogP contribution is 2.48. The van der Waals surface area contributed by atoms with Crippen molar-refractivity contribution in [2.45, 2.75) is 33.7 Å². The molecule has 2 rings (SSSR count). The number of fused-ring (bicyclic) bond motifs is 1. The Bertz CT molecular complexity index is 477. The number of halogens is 3. The number of hydrogen-bond acceptors (Lipinski definition) is 3. The van der Waals surface area contributed by atoms with Gasteiger partial charge in [0.25, 0.3) is 0 Å². The molecule has 106 valence electrons. The van der Waals surface area contributed by atoms with E-state index in [-0.39, 0.29) is 0 Å². The molecule has 1 aliphatic rings. The van der Waals surface area contributed by atoms with E-state index >= 15 is 0 Å². The summed E-state index contributed by atoms with van der Waals surface area (Å²) < 4.78 is -1.81. The molecule has 1 aromatic carbocycles. The van der Waals surface area contributed by atoms with E-state index in [1.54, 1.807) is 14.0 Å². The number of thioether (sulfide) groups is 1. The predicted octanol–water partition coefficient (Wildman–Crippen LogP) is 3.50. The molecule has 0 saturated carbocycles. The number of rotatable bonds is 3. The Morgan fingerprint density at radius 3 is 2.63 bits per heavy atom. The summed E-state index contributed by atoms with van der Waals surface area (Å²) in [6, 6.07) is 5.39. The first-order valence-electron chi connectivity index (χ1n) is 6.03. The van der Waals surface area contributed by atoms with Crippen molar-refractivity contribution in [1.82, 2.24) is 5.32 Å². The second-order valence-electron chi connectivity index (χ2n) is 4.70. The first-order chi connectivity index (χ1) is 8.80. The Kier molecular flexibility index (Phi) is 4.66. The van der Waals surface area contributed by atoms with Gasteiger partial charge in [-0.2, -0.15) is 0 Å². The lowest BCUT2D eigenvalue weighted by molar-refractivity contribution is 0.00840. The van der Waals surface area contributed by atoms with Gasteiger partial charge in [0.1, 0.15) is 0 Å². The van der Waals surface area contributed by atoms with Gasteiger partial charge in [-0.1, -0.05) is 46.9 Å². The Balaban J connectivity index is 2.50. The maximum Gasteiger partial charge on any atom is 0.224 e. The van der Waals surface area contributed by atoms with Gasteiger partial charge in [0.2, 0.25) is 3.79 Å². The highest BCUT2D eigenvalue weighted by Gasteiger charge is 2.52. The summed E-state index contributed by atoms with van der Waals surface area (Å²) in [5, 5.41) is 13.9. The molecule has 2 unspecified atom stereocenters. The molecule has 0 radical (unpaired) electrons. The normalized spacial score (nSPS) is 19.9. The smallest absolute Gasteiger partial charge is 0.224 e. The van der Waals surface area contributed by atoms with Crippen molar-refractivity contribution in [2.75, 3.05) is 12.8 Å². The van der Waals surface area contributed by atoms with Crippen LogP contribution in [0.4, 0.5) is 0 Å². The Hall–Kier alpha value is 0.360. The number of hydrogen-bond donors (Lipinski definition) is 2. The minimum absolute atomic E-state index is 0.396. The van der Waals surface area contributed by atoms with Crippen LogP contribution in [0.3, 0.4) is 0 Å². The predicted molar refractivity (Wildman–Crippen MR) is 83.6 cm³/mol. The van der Waals surface area contributed by atoms with Crippen molar-refractivity contribution < 1.29 is 5.11 Å². The van der Waals surface area contributed by atoms with E-state index < -0.39 is 15.4 Å². The molecule has 19 heavy (non-hydrogen) atoms. The average Bonchev–Trinajstić information content (AvgIpc) is 2.82. The van der Waals surface area contributed by atoms with Crippen LogP contribution in [0, 0.1) is 0 Å². The third-order valence-corrected chi connectivity index (χ3v) is 5.60. The molecule has 0 saturated heterocycles. The molecule has 2 nitrogen and oxygen atoms in total. The third kappa shape index (κ3) is 2.74. The molecule has 0 bridgehead atoms. The van der Waals surface area contributed by atoms with Crippen LogP contribution >= 0.6 is 46.6 Å². The van der Waals surface area contributed by atoms with Gasteiger partial charge in [0, 0.05) is 16.7 Å². The number of aliphatic hydroxyl groups is 1. The van der Waals surface area contributed by atoms with Crippen molar-refractivity contribution >= 4 is 46.6 Å². The van der Waals surface area contributed by atoms with E-state index in [9.17, 15) is 5.11 Å². The van der Waals surface area contributed by atoms with Gasteiger partial charge in [-0.25, -0.2) is 0 Å². The number of likely N-dealkylation sites (N-methyl/N-ethyl adjacent to an activating group) is 1. The third-order valence-electron chi connectivity index (χ3n) is 3.62. The molecule has 0 spiro atoms. The zero-order valence-electron chi connectivity index (χ0n) is 10.7. The second kappa shape index (κ2) is 5.63. The van der Waals surface area contributed by atoms with E-state index in [1.165, 1.54) is 10.5 Å². The molecular weight excluding hydrogens is 325 g/mol. The van der Waals surface area contributed by atoms with Crippen molar-refractivity contribution in [2.24, 2.45) is 0 Å². The average molecular weight is 341 g/mol. The van der Waals surface area contributed by atoms with E-state index in [0.29, 0.717) is 5.56 Å². The van der Waals surface area contributed by atoms with E-state index in [1.807, 2.05) is 30.0 Å². The maximum absolute atomic E-state index is 11.0. The highest BCUT2D eigenvalue weighted by atomic mass is 35.6. The lowest BCUT2D eigenvalue weighted by atomic mass is 9.87. The molecule has 6 heteroatoms. The fourth-order valence-electron chi connectivity index (χ4n) is 2.29. The van der Waals surface area contributed by atoms with E-state index in [0.717, 1.165) is 12.2 Å². The molecule has 0 aromatic heterocycles. The number of benzene rings is 1. The van der Waals surface area contributed by atoms with Gasteiger partial charge in [-0.05, 0) is 37.6 Å². The quantitative estimate of drug-likeness (QED) is 0.826. The Labute approximate surface area is 132 Å². The molecule has 0 fully saturated rings. The Morgan fingerprint density at radius 2 is 2.05 bits per heavy atom. The monoisotopic (exact) mass is 339 g/mol. The van der Waals surface area contributed by atoms with Crippen LogP contribution in [0.1, 0.15) is 18.1 Å². The van der Waals surface area contributed by atoms with Gasteiger partial charge in [-0.3, -0.25) is 0 Å². The van der Waals surface area contributed by atoms with Gasteiger partial charge in [-0.15, -0.1) is 11.8 Å². The van der Waals surface area contributed by atoms with Crippen LogP contribution in [0.25, 0.3) is 0 Å². The molecule has 2 N–H and O–H groups in total. The molecule has 0 aliphatic carbocycles. The van der Waals surface area contributed by atoms with Crippen LogP contribution in [-0.2, 0) is 12.0 Å². The summed E-state index contributed by atoms with van der Waals surface area (Å²) in [4.78, 5) is 1.24. The number of nitrogens with one attached hydrogen (secondary N) is 1. The van der Waals surface area contributed by atoms with Crippen molar-refractivity contribution in [3.63, 3.8) is 0 Å². The lowest BCUT2D eigenvalue weighted by Crippen LogP contribution is -2.53. The van der Waals surface area contributed by atoms with Gasteiger partial charge >= 0.3 is 0 Å². The molecular formula is C13H16Cl3NOS. The topological polar surface area (TPSA) is 32.3 Å². The van der Waals surface area contributed by atoms with Gasteiger partial charge in [0.05, 0.1) is 0 Å². The van der Waals surface area contributed by atoms with Gasteiger partial charge in [0.15, 0.2) is 5.60 Å². The summed E-state index contributed by atoms with van der Waals surface area (Å²) in [6.45, 7) is 1.80. The summed E-state index contributed by atoms with van der Waals surface area (Å²) in [5.41, 5.74) is 0.267. The first kappa shape index (κ1) is 15.7. The van der Waals surface area contributed by atoms with Crippen molar-refractivity contribution in [3.8, 4) is 0 Å². The fraction of sp³-hybridized carbons (Fsp3) is 0.538. The maximum atomic E-state index is 11.0.